The lowest BCUT2D eigenvalue weighted by Crippen LogP contribution is -2.17. The van der Waals surface area contributed by atoms with Crippen LogP contribution in [0.4, 0.5) is 10.2 Å². The van der Waals surface area contributed by atoms with Gasteiger partial charge < -0.3 is 11.1 Å². The molecule has 3 aromatic heterocycles. The highest BCUT2D eigenvalue weighted by Gasteiger charge is 2.19. The van der Waals surface area contributed by atoms with Crippen molar-refractivity contribution in [3.05, 3.63) is 26.5 Å². The largest absolute Gasteiger partial charge is 0.362 e. The molecule has 0 aliphatic carbocycles. The van der Waals surface area contributed by atoms with Crippen molar-refractivity contribution in [2.75, 3.05) is 11.6 Å². The van der Waals surface area contributed by atoms with Crippen molar-refractivity contribution < 1.29 is 4.39 Å². The standard InChI is InChI=1S/C14H15ClFN5S3/c1-6(17)3-7-11(22-2)10-12(24-7)13(21-14(15)20-10)18-4-9-19-8(16)5-23-9/h5-6H,3-4,17H2,1-2H3,(H,18,20,21). The lowest BCUT2D eigenvalue weighted by molar-refractivity contribution is 0.588. The Balaban J connectivity index is 1.98. The van der Waals surface area contributed by atoms with Crippen LogP contribution < -0.4 is 11.1 Å². The molecule has 24 heavy (non-hydrogen) atoms. The van der Waals surface area contributed by atoms with Gasteiger partial charge in [0, 0.05) is 21.2 Å². The fourth-order valence-corrected chi connectivity index (χ4v) is 5.34. The maximum Gasteiger partial charge on any atom is 0.225 e. The molecule has 3 aromatic rings. The number of nitrogens with zero attached hydrogens (tertiary/aromatic N) is 3. The summed E-state index contributed by atoms with van der Waals surface area (Å²) >= 11 is 10.6. The molecule has 10 heteroatoms. The van der Waals surface area contributed by atoms with Crippen LogP contribution in [0.15, 0.2) is 10.3 Å². The third kappa shape index (κ3) is 3.80. The smallest absolute Gasteiger partial charge is 0.225 e. The second-order valence-electron chi connectivity index (χ2n) is 5.18. The normalized spacial score (nSPS) is 12.7. The molecule has 1 atom stereocenters. The van der Waals surface area contributed by atoms with Crippen molar-refractivity contribution in [2.45, 2.75) is 30.8 Å². The van der Waals surface area contributed by atoms with Gasteiger partial charge in [-0.2, -0.15) is 9.37 Å². The third-order valence-corrected chi connectivity index (χ3v) is 6.35. The second-order valence-corrected chi connectivity index (χ2v) is 8.38. The SMILES string of the molecule is CSc1c(CC(C)N)sc2c(NCc3nc(F)cs3)nc(Cl)nc12. The molecule has 0 saturated heterocycles. The van der Waals surface area contributed by atoms with Gasteiger partial charge in [-0.25, -0.2) is 9.97 Å². The molecule has 0 spiro atoms. The molecule has 1 unspecified atom stereocenters. The van der Waals surface area contributed by atoms with Crippen molar-refractivity contribution in [3.8, 4) is 0 Å². The average molecular weight is 404 g/mol. The summed E-state index contributed by atoms with van der Waals surface area (Å²) in [5, 5.41) is 5.39. The van der Waals surface area contributed by atoms with E-state index in [1.165, 1.54) is 21.6 Å². The van der Waals surface area contributed by atoms with E-state index >= 15 is 0 Å². The van der Waals surface area contributed by atoms with E-state index in [4.69, 9.17) is 17.3 Å². The first-order valence-corrected chi connectivity index (χ1v) is 10.4. The summed E-state index contributed by atoms with van der Waals surface area (Å²) < 4.78 is 13.9. The highest BCUT2D eigenvalue weighted by molar-refractivity contribution is 7.99. The number of thiazole rings is 1. The van der Waals surface area contributed by atoms with Gasteiger partial charge in [-0.3, -0.25) is 0 Å². The molecule has 3 heterocycles. The molecule has 0 saturated carbocycles. The van der Waals surface area contributed by atoms with Crippen molar-refractivity contribution in [1.29, 1.82) is 0 Å². The number of fused-ring (bicyclic) bond motifs is 1. The van der Waals surface area contributed by atoms with E-state index in [0.717, 1.165) is 21.5 Å². The molecular formula is C14H15ClFN5S3. The van der Waals surface area contributed by atoms with E-state index in [9.17, 15) is 4.39 Å². The van der Waals surface area contributed by atoms with E-state index in [-0.39, 0.29) is 11.3 Å². The van der Waals surface area contributed by atoms with Gasteiger partial charge in [0.05, 0.1) is 11.2 Å². The molecule has 128 valence electrons. The van der Waals surface area contributed by atoms with E-state index in [1.54, 1.807) is 23.1 Å². The van der Waals surface area contributed by atoms with Crippen LogP contribution in [0.5, 0.6) is 0 Å². The van der Waals surface area contributed by atoms with Crippen LogP contribution in [0.1, 0.15) is 16.8 Å². The first-order valence-electron chi connectivity index (χ1n) is 7.10. The zero-order valence-electron chi connectivity index (χ0n) is 13.0. The summed E-state index contributed by atoms with van der Waals surface area (Å²) in [6.45, 7) is 2.36. The van der Waals surface area contributed by atoms with Gasteiger partial charge in [-0.15, -0.1) is 34.4 Å². The molecule has 0 radical (unpaired) electrons. The quantitative estimate of drug-likeness (QED) is 0.475. The Morgan fingerprint density at radius 3 is 2.83 bits per heavy atom. The average Bonchev–Trinajstić information content (AvgIpc) is 3.07. The first-order chi connectivity index (χ1) is 11.5. The minimum absolute atomic E-state index is 0.0575. The fourth-order valence-electron chi connectivity index (χ4n) is 2.26. The summed E-state index contributed by atoms with van der Waals surface area (Å²) in [5.41, 5.74) is 6.78. The molecule has 5 nitrogen and oxygen atoms in total. The van der Waals surface area contributed by atoms with Gasteiger partial charge in [-0.1, -0.05) is 0 Å². The Bertz CT molecular complexity index is 864. The van der Waals surface area contributed by atoms with E-state index in [2.05, 4.69) is 20.3 Å². The predicted octanol–water partition coefficient (Wildman–Crippen LogP) is 4.16. The van der Waals surface area contributed by atoms with E-state index in [1.807, 2.05) is 13.2 Å². The summed E-state index contributed by atoms with van der Waals surface area (Å²) in [6.07, 6.45) is 2.78. The van der Waals surface area contributed by atoms with Gasteiger partial charge in [0.1, 0.15) is 16.3 Å². The number of nitrogens with one attached hydrogen (secondary N) is 1. The van der Waals surface area contributed by atoms with Crippen molar-refractivity contribution in [3.63, 3.8) is 0 Å². The topological polar surface area (TPSA) is 76.7 Å². The second kappa shape index (κ2) is 7.49. The monoisotopic (exact) mass is 403 g/mol. The highest BCUT2D eigenvalue weighted by Crippen LogP contribution is 2.40. The lowest BCUT2D eigenvalue weighted by atomic mass is 10.2. The number of nitrogens with two attached hydrogens (primary N) is 1. The molecular weight excluding hydrogens is 389 g/mol. The Hall–Kier alpha value is -1.00. The van der Waals surface area contributed by atoms with Crippen LogP contribution >= 0.6 is 46.0 Å². The number of anilines is 1. The maximum absolute atomic E-state index is 13.0. The molecule has 0 fully saturated rings. The molecule has 0 aromatic carbocycles. The minimum atomic E-state index is -0.470. The van der Waals surface area contributed by atoms with Crippen molar-refractivity contribution in [2.24, 2.45) is 5.73 Å². The van der Waals surface area contributed by atoms with Crippen LogP contribution in [-0.4, -0.2) is 27.2 Å². The third-order valence-electron chi connectivity index (χ3n) is 3.17. The van der Waals surface area contributed by atoms with Gasteiger partial charge in [0.2, 0.25) is 11.2 Å². The number of thiophene rings is 1. The number of aromatic nitrogens is 3. The van der Waals surface area contributed by atoms with Crippen LogP contribution in [0, 0.1) is 5.95 Å². The minimum Gasteiger partial charge on any atom is -0.362 e. The summed E-state index contributed by atoms with van der Waals surface area (Å²) in [5.74, 6) is 0.166. The van der Waals surface area contributed by atoms with E-state index < -0.39 is 5.95 Å². The summed E-state index contributed by atoms with van der Waals surface area (Å²) in [4.78, 5) is 14.7. The Morgan fingerprint density at radius 1 is 1.42 bits per heavy atom. The molecule has 3 rings (SSSR count). The molecule has 0 aliphatic rings. The molecule has 0 bridgehead atoms. The first kappa shape index (κ1) is 17.8. The fraction of sp³-hybridized carbons (Fsp3) is 0.357. The number of thioether (sulfide) groups is 1. The number of hydrogen-bond donors (Lipinski definition) is 2. The zero-order valence-corrected chi connectivity index (χ0v) is 16.2. The van der Waals surface area contributed by atoms with Crippen LogP contribution in [0.25, 0.3) is 10.2 Å². The van der Waals surface area contributed by atoms with Gasteiger partial charge in [0.25, 0.3) is 0 Å². The van der Waals surface area contributed by atoms with Gasteiger partial charge >= 0.3 is 0 Å². The molecule has 3 N–H and O–H groups in total. The number of halogens is 2. The molecule has 0 aliphatic heterocycles. The highest BCUT2D eigenvalue weighted by atomic mass is 35.5. The van der Waals surface area contributed by atoms with Gasteiger partial charge in [-0.05, 0) is 31.2 Å². The predicted molar refractivity (Wildman–Crippen MR) is 101 cm³/mol. The molecule has 0 amide bonds. The van der Waals surface area contributed by atoms with Crippen LogP contribution in [-0.2, 0) is 13.0 Å². The van der Waals surface area contributed by atoms with Crippen LogP contribution in [0.3, 0.4) is 0 Å². The Morgan fingerprint density at radius 2 is 2.21 bits per heavy atom. The van der Waals surface area contributed by atoms with E-state index in [0.29, 0.717) is 17.4 Å². The number of hydrogen-bond acceptors (Lipinski definition) is 8. The number of rotatable bonds is 6. The van der Waals surface area contributed by atoms with Crippen molar-refractivity contribution in [1.82, 2.24) is 15.0 Å². The van der Waals surface area contributed by atoms with Gasteiger partial charge in [0.15, 0.2) is 0 Å². The maximum atomic E-state index is 13.0. The Kier molecular flexibility index (Phi) is 5.56. The van der Waals surface area contributed by atoms with Crippen LogP contribution in [0.2, 0.25) is 5.28 Å². The summed E-state index contributed by atoms with van der Waals surface area (Å²) in [7, 11) is 0. The summed E-state index contributed by atoms with van der Waals surface area (Å²) in [6, 6.07) is 0.0575. The zero-order chi connectivity index (χ0) is 17.3. The lowest BCUT2D eigenvalue weighted by Gasteiger charge is -2.05. The Labute approximate surface area is 155 Å². The van der Waals surface area contributed by atoms with Crippen molar-refractivity contribution >= 4 is 62.1 Å².